The van der Waals surface area contributed by atoms with Crippen LogP contribution in [0.15, 0.2) is 70.2 Å². The Labute approximate surface area is 212 Å². The van der Waals surface area contributed by atoms with Crippen molar-refractivity contribution in [2.24, 2.45) is 5.10 Å². The summed E-state index contributed by atoms with van der Waals surface area (Å²) in [7, 11) is 0. The molecule has 0 unspecified atom stereocenters. The number of hydrazone groups is 1. The summed E-state index contributed by atoms with van der Waals surface area (Å²) in [5.41, 5.74) is 7.33. The number of hydrogen-bond acceptors (Lipinski definition) is 5. The van der Waals surface area contributed by atoms with E-state index in [9.17, 15) is 14.9 Å². The minimum atomic E-state index is -0.354. The van der Waals surface area contributed by atoms with E-state index < -0.39 is 0 Å². The van der Waals surface area contributed by atoms with Crippen molar-refractivity contribution in [1.82, 2.24) is 5.43 Å². The quantitative estimate of drug-likeness (QED) is 0.285. The van der Waals surface area contributed by atoms with Crippen LogP contribution in [0.1, 0.15) is 40.7 Å². The van der Waals surface area contributed by atoms with Gasteiger partial charge in [0.15, 0.2) is 0 Å². The van der Waals surface area contributed by atoms with Crippen molar-refractivity contribution in [1.29, 1.82) is 5.26 Å². The highest BCUT2D eigenvalue weighted by Gasteiger charge is 2.09. The second-order valence-corrected chi connectivity index (χ2v) is 8.76. The number of amides is 2. The minimum Gasteiger partial charge on any atom is -0.488 e. The molecule has 0 saturated carbocycles. The van der Waals surface area contributed by atoms with Crippen LogP contribution in [-0.2, 0) is 16.2 Å². The summed E-state index contributed by atoms with van der Waals surface area (Å²) in [5.74, 6) is 0.0380. The number of ether oxygens (including phenoxy) is 1. The third kappa shape index (κ3) is 7.80. The van der Waals surface area contributed by atoms with Crippen molar-refractivity contribution >= 4 is 39.6 Å². The molecule has 0 bridgehead atoms. The number of carbonyl (C=O) groups is 2. The molecule has 0 aliphatic rings. The van der Waals surface area contributed by atoms with Gasteiger partial charge < -0.3 is 10.1 Å². The van der Waals surface area contributed by atoms with Crippen LogP contribution < -0.4 is 15.5 Å². The highest BCUT2D eigenvalue weighted by Crippen LogP contribution is 2.26. The molecule has 3 aromatic rings. The Kier molecular flexibility index (Phi) is 9.16. The summed E-state index contributed by atoms with van der Waals surface area (Å²) in [5, 5.41) is 16.0. The highest BCUT2D eigenvalue weighted by atomic mass is 79.9. The lowest BCUT2D eigenvalue weighted by atomic mass is 10.1. The van der Waals surface area contributed by atoms with Crippen LogP contribution in [-0.4, -0.2) is 18.0 Å². The Balaban J connectivity index is 1.46. The first kappa shape index (κ1) is 25.7. The van der Waals surface area contributed by atoms with Gasteiger partial charge in [-0.25, -0.2) is 5.43 Å². The molecular formula is C27H25BrN4O3. The number of aryl methyl sites for hydroxylation is 2. The van der Waals surface area contributed by atoms with Gasteiger partial charge in [0.05, 0.1) is 22.3 Å². The molecule has 0 aliphatic carbocycles. The van der Waals surface area contributed by atoms with E-state index in [0.29, 0.717) is 15.8 Å². The third-order valence-corrected chi connectivity index (χ3v) is 5.75. The smallest absolute Gasteiger partial charge is 0.240 e. The molecule has 0 fully saturated rings. The summed E-state index contributed by atoms with van der Waals surface area (Å²) in [6.45, 7) is 4.14. The molecule has 2 N–H and O–H groups in total. The Bertz CT molecular complexity index is 1300. The van der Waals surface area contributed by atoms with E-state index in [0.717, 1.165) is 27.9 Å². The molecule has 3 aromatic carbocycles. The number of nitriles is 1. The minimum absolute atomic E-state index is 0.0225. The fraction of sp³-hybridized carbons (Fsp3) is 0.185. The summed E-state index contributed by atoms with van der Waals surface area (Å²) < 4.78 is 6.54. The van der Waals surface area contributed by atoms with Gasteiger partial charge in [-0.2, -0.15) is 10.4 Å². The van der Waals surface area contributed by atoms with E-state index in [-0.39, 0.29) is 31.3 Å². The zero-order chi connectivity index (χ0) is 25.2. The van der Waals surface area contributed by atoms with Gasteiger partial charge in [0.2, 0.25) is 11.8 Å². The van der Waals surface area contributed by atoms with E-state index in [1.165, 1.54) is 6.21 Å². The maximum atomic E-state index is 12.2. The lowest BCUT2D eigenvalue weighted by Gasteiger charge is -2.10. The number of nitrogens with zero attached hydrogens (tertiary/aromatic N) is 2. The van der Waals surface area contributed by atoms with Crippen molar-refractivity contribution in [3.63, 3.8) is 0 Å². The van der Waals surface area contributed by atoms with E-state index in [4.69, 9.17) is 4.74 Å². The molecule has 0 spiro atoms. The van der Waals surface area contributed by atoms with Gasteiger partial charge in [0.1, 0.15) is 12.4 Å². The van der Waals surface area contributed by atoms with E-state index in [1.54, 1.807) is 24.3 Å². The molecule has 7 nitrogen and oxygen atoms in total. The number of halogens is 1. The predicted octanol–water partition coefficient (Wildman–Crippen LogP) is 5.39. The van der Waals surface area contributed by atoms with Crippen LogP contribution in [0.2, 0.25) is 0 Å². The molecule has 0 aromatic heterocycles. The van der Waals surface area contributed by atoms with Crippen LogP contribution in [0.3, 0.4) is 0 Å². The van der Waals surface area contributed by atoms with Crippen LogP contribution in [0.5, 0.6) is 5.75 Å². The average molecular weight is 533 g/mol. The van der Waals surface area contributed by atoms with Crippen LogP contribution in [0.4, 0.5) is 5.69 Å². The monoisotopic (exact) mass is 532 g/mol. The molecule has 0 radical (unpaired) electrons. The Morgan fingerprint density at radius 1 is 1.06 bits per heavy atom. The van der Waals surface area contributed by atoms with Gasteiger partial charge in [0, 0.05) is 24.1 Å². The molecule has 35 heavy (non-hydrogen) atoms. The first-order valence-electron chi connectivity index (χ1n) is 10.9. The van der Waals surface area contributed by atoms with E-state index in [1.807, 2.05) is 50.2 Å². The number of nitrogens with one attached hydrogen (secondary N) is 2. The molecule has 0 aliphatic heterocycles. The largest absolute Gasteiger partial charge is 0.488 e. The first-order valence-corrected chi connectivity index (χ1v) is 11.7. The van der Waals surface area contributed by atoms with Gasteiger partial charge in [0.25, 0.3) is 0 Å². The van der Waals surface area contributed by atoms with E-state index in [2.05, 4.69) is 37.8 Å². The SMILES string of the molecule is Cc1ccc(C)c(NC(=O)CCC(=O)NN=Cc2ccc(OCc3ccccc3C#N)c(Br)c2)c1. The third-order valence-electron chi connectivity index (χ3n) is 5.13. The molecule has 178 valence electrons. The van der Waals surface area contributed by atoms with Gasteiger partial charge in [-0.15, -0.1) is 0 Å². The predicted molar refractivity (Wildman–Crippen MR) is 139 cm³/mol. The fourth-order valence-corrected chi connectivity index (χ4v) is 3.68. The molecule has 2 amide bonds. The maximum absolute atomic E-state index is 12.2. The lowest BCUT2D eigenvalue weighted by molar-refractivity contribution is -0.124. The second kappa shape index (κ2) is 12.5. The number of anilines is 1. The molecule has 0 atom stereocenters. The van der Waals surface area contributed by atoms with Crippen LogP contribution in [0, 0.1) is 25.2 Å². The van der Waals surface area contributed by atoms with Gasteiger partial charge in [-0.3, -0.25) is 9.59 Å². The zero-order valence-corrected chi connectivity index (χ0v) is 21.1. The van der Waals surface area contributed by atoms with Gasteiger partial charge >= 0.3 is 0 Å². The standard InChI is InChI=1S/C27H25BrN4O3/c1-18-7-8-19(2)24(13-18)31-26(33)11-12-27(34)32-30-16-20-9-10-25(23(28)14-20)35-17-22-6-4-3-5-21(22)15-29/h3-10,13-14,16H,11-12,17H2,1-2H3,(H,31,33)(H,32,34). The van der Waals surface area contributed by atoms with Crippen LogP contribution >= 0.6 is 15.9 Å². The summed E-state index contributed by atoms with van der Waals surface area (Å²) in [4.78, 5) is 24.2. The first-order chi connectivity index (χ1) is 16.9. The molecule has 0 heterocycles. The number of hydrogen-bond donors (Lipinski definition) is 2. The topological polar surface area (TPSA) is 104 Å². The van der Waals surface area contributed by atoms with Crippen molar-refractivity contribution < 1.29 is 14.3 Å². The Morgan fingerprint density at radius 2 is 1.83 bits per heavy atom. The molecule has 8 heteroatoms. The number of benzene rings is 3. The summed E-state index contributed by atoms with van der Waals surface area (Å²) in [6.07, 6.45) is 1.59. The van der Waals surface area contributed by atoms with Gasteiger partial charge in [-0.05, 0) is 76.8 Å². The van der Waals surface area contributed by atoms with Crippen molar-refractivity contribution in [3.8, 4) is 11.8 Å². The van der Waals surface area contributed by atoms with Crippen LogP contribution in [0.25, 0.3) is 0 Å². The van der Waals surface area contributed by atoms with Crippen molar-refractivity contribution in [2.45, 2.75) is 33.3 Å². The second-order valence-electron chi connectivity index (χ2n) is 7.91. The number of carbonyl (C=O) groups excluding carboxylic acids is 2. The zero-order valence-electron chi connectivity index (χ0n) is 19.5. The lowest BCUT2D eigenvalue weighted by Crippen LogP contribution is -2.20. The summed E-state index contributed by atoms with van der Waals surface area (Å²) in [6, 6.07) is 20.6. The normalized spacial score (nSPS) is 10.6. The average Bonchev–Trinajstić information content (AvgIpc) is 2.84. The van der Waals surface area contributed by atoms with E-state index >= 15 is 0 Å². The molecular weight excluding hydrogens is 508 g/mol. The van der Waals surface area contributed by atoms with Crippen molar-refractivity contribution in [3.05, 3.63) is 93.0 Å². The molecule has 3 rings (SSSR count). The Hall–Kier alpha value is -3.96. The number of rotatable bonds is 9. The fourth-order valence-electron chi connectivity index (χ4n) is 3.17. The van der Waals surface area contributed by atoms with Gasteiger partial charge in [-0.1, -0.05) is 30.3 Å². The Morgan fingerprint density at radius 3 is 2.60 bits per heavy atom. The maximum Gasteiger partial charge on any atom is 0.240 e. The molecule has 0 saturated heterocycles. The summed E-state index contributed by atoms with van der Waals surface area (Å²) >= 11 is 3.47. The van der Waals surface area contributed by atoms with Crippen molar-refractivity contribution in [2.75, 3.05) is 5.32 Å². The highest BCUT2D eigenvalue weighted by molar-refractivity contribution is 9.10.